The summed E-state index contributed by atoms with van der Waals surface area (Å²) in [4.78, 5) is 16.7. The van der Waals surface area contributed by atoms with E-state index < -0.39 is 0 Å². The first-order valence-electron chi connectivity index (χ1n) is 8.13. The molecule has 1 aromatic rings. The van der Waals surface area contributed by atoms with Crippen LogP contribution in [0.25, 0.3) is 0 Å². The van der Waals surface area contributed by atoms with Gasteiger partial charge in [0.15, 0.2) is 0 Å². The maximum atomic E-state index is 12.3. The molecule has 0 aliphatic carbocycles. The van der Waals surface area contributed by atoms with E-state index in [-0.39, 0.29) is 12.1 Å². The molecule has 1 N–H and O–H groups in total. The Morgan fingerprint density at radius 1 is 1.32 bits per heavy atom. The number of carbonyl (C=O) groups is 1. The van der Waals surface area contributed by atoms with Crippen LogP contribution in [0.4, 0.5) is 4.79 Å². The maximum absolute atomic E-state index is 12.3. The fraction of sp³-hybridized carbons (Fsp3) is 0.688. The highest BCUT2D eigenvalue weighted by Crippen LogP contribution is 2.23. The van der Waals surface area contributed by atoms with Crippen LogP contribution in [0.3, 0.4) is 0 Å². The highest BCUT2D eigenvalue weighted by Gasteiger charge is 2.26. The molecule has 3 heterocycles. The largest absolute Gasteiger partial charge is 0.381 e. The quantitative estimate of drug-likeness (QED) is 0.928. The second kappa shape index (κ2) is 7.44. The second-order valence-corrected chi connectivity index (χ2v) is 6.87. The Hall–Kier alpha value is -1.11. The van der Waals surface area contributed by atoms with Gasteiger partial charge in [0, 0.05) is 51.5 Å². The summed E-state index contributed by atoms with van der Waals surface area (Å²) < 4.78 is 5.33. The molecule has 0 bridgehead atoms. The fourth-order valence-corrected chi connectivity index (χ4v) is 3.89. The Bertz CT molecular complexity index is 466. The Morgan fingerprint density at radius 2 is 2.05 bits per heavy atom. The van der Waals surface area contributed by atoms with E-state index in [0.717, 1.165) is 52.2 Å². The van der Waals surface area contributed by atoms with Gasteiger partial charge in [0.05, 0.1) is 0 Å². The number of thiophene rings is 1. The number of ether oxygens (including phenoxy) is 1. The lowest BCUT2D eigenvalue weighted by atomic mass is 10.1. The van der Waals surface area contributed by atoms with Gasteiger partial charge in [-0.2, -0.15) is 11.3 Å². The molecule has 1 atom stereocenters. The molecule has 2 fully saturated rings. The molecule has 2 aliphatic rings. The first-order chi connectivity index (χ1) is 10.7. The topological polar surface area (TPSA) is 44.8 Å². The Morgan fingerprint density at radius 3 is 2.68 bits per heavy atom. The summed E-state index contributed by atoms with van der Waals surface area (Å²) in [6, 6.07) is 3.00. The molecule has 2 saturated heterocycles. The van der Waals surface area contributed by atoms with Crippen molar-refractivity contribution in [3.8, 4) is 0 Å². The van der Waals surface area contributed by atoms with Gasteiger partial charge in [0.25, 0.3) is 0 Å². The van der Waals surface area contributed by atoms with Crippen molar-refractivity contribution >= 4 is 17.4 Å². The number of carbonyl (C=O) groups excluding carboxylic acids is 1. The normalized spacial score (nSPS) is 22.5. The lowest BCUT2D eigenvalue weighted by molar-refractivity contribution is 0.0743. The van der Waals surface area contributed by atoms with Crippen LogP contribution in [0.5, 0.6) is 0 Å². The molecule has 0 aromatic carbocycles. The summed E-state index contributed by atoms with van der Waals surface area (Å²) in [6.45, 7) is 7.27. The van der Waals surface area contributed by atoms with Crippen molar-refractivity contribution in [1.82, 2.24) is 15.1 Å². The van der Waals surface area contributed by atoms with E-state index in [9.17, 15) is 4.79 Å². The van der Waals surface area contributed by atoms with Crippen molar-refractivity contribution in [1.29, 1.82) is 0 Å². The van der Waals surface area contributed by atoms with Crippen molar-refractivity contribution in [3.05, 3.63) is 22.4 Å². The molecule has 122 valence electrons. The van der Waals surface area contributed by atoms with E-state index in [4.69, 9.17) is 4.74 Å². The van der Waals surface area contributed by atoms with E-state index in [0.29, 0.717) is 6.04 Å². The SMILES string of the molecule is C[C@@H](c1ccsc1)N1CCN(C(=O)NC2CCOCC2)CC1. The minimum absolute atomic E-state index is 0.0923. The first-order valence-corrected chi connectivity index (χ1v) is 9.07. The zero-order valence-electron chi connectivity index (χ0n) is 13.2. The van der Waals surface area contributed by atoms with E-state index in [1.54, 1.807) is 11.3 Å². The van der Waals surface area contributed by atoms with Crippen molar-refractivity contribution < 1.29 is 9.53 Å². The number of hydrogen-bond donors (Lipinski definition) is 1. The van der Waals surface area contributed by atoms with Crippen molar-refractivity contribution in [2.24, 2.45) is 0 Å². The lowest BCUT2D eigenvalue weighted by Gasteiger charge is -2.38. The highest BCUT2D eigenvalue weighted by atomic mass is 32.1. The highest BCUT2D eigenvalue weighted by molar-refractivity contribution is 7.07. The van der Waals surface area contributed by atoms with Gasteiger partial charge in [-0.05, 0) is 42.2 Å². The van der Waals surface area contributed by atoms with Crippen LogP contribution >= 0.6 is 11.3 Å². The summed E-state index contributed by atoms with van der Waals surface area (Å²) in [5.41, 5.74) is 1.38. The second-order valence-electron chi connectivity index (χ2n) is 6.09. The molecular weight excluding hydrogens is 298 g/mol. The molecule has 5 nitrogen and oxygen atoms in total. The Kier molecular flexibility index (Phi) is 5.33. The molecule has 2 aliphatic heterocycles. The standard InChI is InChI=1S/C16H25N3O2S/c1-13(14-4-11-22-12-14)18-5-7-19(8-6-18)16(20)17-15-2-9-21-10-3-15/h4,11-13,15H,2-3,5-10H2,1H3,(H,17,20)/t13-/m0/s1. The van der Waals surface area contributed by atoms with Crippen LogP contribution in [0.2, 0.25) is 0 Å². The van der Waals surface area contributed by atoms with Gasteiger partial charge in [-0.3, -0.25) is 4.90 Å². The molecule has 22 heavy (non-hydrogen) atoms. The predicted molar refractivity (Wildman–Crippen MR) is 88.3 cm³/mol. The van der Waals surface area contributed by atoms with Gasteiger partial charge in [-0.25, -0.2) is 4.79 Å². The third-order valence-electron chi connectivity index (χ3n) is 4.72. The average molecular weight is 323 g/mol. The molecule has 0 unspecified atom stereocenters. The van der Waals surface area contributed by atoms with E-state index >= 15 is 0 Å². The summed E-state index contributed by atoms with van der Waals surface area (Å²) in [6.07, 6.45) is 1.86. The molecular formula is C16H25N3O2S. The molecule has 0 saturated carbocycles. The van der Waals surface area contributed by atoms with Gasteiger partial charge in [-0.1, -0.05) is 0 Å². The Balaban J connectivity index is 1.45. The van der Waals surface area contributed by atoms with E-state index in [1.807, 2.05) is 4.90 Å². The average Bonchev–Trinajstić information content (AvgIpc) is 3.10. The van der Waals surface area contributed by atoms with Crippen molar-refractivity contribution in [2.45, 2.75) is 31.8 Å². The zero-order valence-corrected chi connectivity index (χ0v) is 14.0. The molecule has 2 amide bonds. The van der Waals surface area contributed by atoms with Crippen molar-refractivity contribution in [3.63, 3.8) is 0 Å². The monoisotopic (exact) mass is 323 g/mol. The molecule has 0 spiro atoms. The van der Waals surface area contributed by atoms with Crippen LogP contribution in [-0.4, -0.2) is 61.3 Å². The van der Waals surface area contributed by atoms with Crippen molar-refractivity contribution in [2.75, 3.05) is 39.4 Å². The van der Waals surface area contributed by atoms with Crippen LogP contribution < -0.4 is 5.32 Å². The van der Waals surface area contributed by atoms with Gasteiger partial charge in [0.1, 0.15) is 0 Å². The number of nitrogens with one attached hydrogen (secondary N) is 1. The number of hydrogen-bond acceptors (Lipinski definition) is 4. The van der Waals surface area contributed by atoms with E-state index in [1.165, 1.54) is 5.56 Å². The lowest BCUT2D eigenvalue weighted by Crippen LogP contribution is -2.54. The number of piperazine rings is 1. The summed E-state index contributed by atoms with van der Waals surface area (Å²) in [5, 5.41) is 7.50. The number of rotatable bonds is 3. The smallest absolute Gasteiger partial charge is 0.317 e. The maximum Gasteiger partial charge on any atom is 0.317 e. The van der Waals surface area contributed by atoms with Gasteiger partial charge in [0.2, 0.25) is 0 Å². The minimum Gasteiger partial charge on any atom is -0.381 e. The van der Waals surface area contributed by atoms with Gasteiger partial charge < -0.3 is 15.0 Å². The summed E-state index contributed by atoms with van der Waals surface area (Å²) in [5.74, 6) is 0. The Labute approximate surface area is 136 Å². The number of urea groups is 1. The molecule has 1 aromatic heterocycles. The molecule has 6 heteroatoms. The molecule has 3 rings (SSSR count). The summed E-state index contributed by atoms with van der Waals surface area (Å²) in [7, 11) is 0. The predicted octanol–water partition coefficient (Wildman–Crippen LogP) is 2.32. The van der Waals surface area contributed by atoms with Crippen LogP contribution in [-0.2, 0) is 4.74 Å². The van der Waals surface area contributed by atoms with Crippen LogP contribution in [0.15, 0.2) is 16.8 Å². The number of amides is 2. The van der Waals surface area contributed by atoms with Gasteiger partial charge >= 0.3 is 6.03 Å². The zero-order chi connectivity index (χ0) is 15.4. The van der Waals surface area contributed by atoms with Crippen LogP contribution in [0, 0.1) is 0 Å². The summed E-state index contributed by atoms with van der Waals surface area (Å²) >= 11 is 1.75. The van der Waals surface area contributed by atoms with Crippen LogP contribution in [0.1, 0.15) is 31.4 Å². The minimum atomic E-state index is 0.0923. The van der Waals surface area contributed by atoms with Gasteiger partial charge in [-0.15, -0.1) is 0 Å². The first kappa shape index (κ1) is 15.8. The van der Waals surface area contributed by atoms with E-state index in [2.05, 4.69) is 34.0 Å². The fourth-order valence-electron chi connectivity index (χ4n) is 3.14. The number of nitrogens with zero attached hydrogens (tertiary/aromatic N) is 2. The molecule has 0 radical (unpaired) electrons. The third kappa shape index (κ3) is 3.80. The third-order valence-corrected chi connectivity index (χ3v) is 5.43.